The highest BCUT2D eigenvalue weighted by atomic mass is 16.2. The predicted octanol–water partition coefficient (Wildman–Crippen LogP) is 2.59. The van der Waals surface area contributed by atoms with Crippen molar-refractivity contribution in [2.75, 3.05) is 12.3 Å². The topological polar surface area (TPSA) is 46.3 Å². The molecule has 2 saturated carbocycles. The molecule has 0 radical (unpaired) electrons. The van der Waals surface area contributed by atoms with E-state index in [0.717, 1.165) is 23.6 Å². The Hall–Kier alpha value is -1.51. The summed E-state index contributed by atoms with van der Waals surface area (Å²) < 4.78 is 0. The van der Waals surface area contributed by atoms with Crippen molar-refractivity contribution >= 4 is 11.6 Å². The van der Waals surface area contributed by atoms with Gasteiger partial charge in [-0.2, -0.15) is 0 Å². The lowest BCUT2D eigenvalue weighted by molar-refractivity contribution is 0.0734. The third-order valence-corrected chi connectivity index (χ3v) is 3.75. The van der Waals surface area contributed by atoms with Crippen molar-refractivity contribution in [3.05, 3.63) is 29.3 Å². The first-order chi connectivity index (χ1) is 8.63. The van der Waals surface area contributed by atoms with Crippen LogP contribution in [0, 0.1) is 12.8 Å². The van der Waals surface area contributed by atoms with Gasteiger partial charge in [0, 0.05) is 23.8 Å². The van der Waals surface area contributed by atoms with Gasteiger partial charge in [-0.15, -0.1) is 0 Å². The second-order valence-corrected chi connectivity index (χ2v) is 5.76. The number of nitrogens with zero attached hydrogens (tertiary/aromatic N) is 1. The molecule has 0 heterocycles. The van der Waals surface area contributed by atoms with Gasteiger partial charge in [0.15, 0.2) is 0 Å². The van der Waals surface area contributed by atoms with Gasteiger partial charge in [-0.3, -0.25) is 4.79 Å². The molecule has 2 fully saturated rings. The number of anilines is 1. The van der Waals surface area contributed by atoms with Gasteiger partial charge in [-0.25, -0.2) is 0 Å². The second-order valence-electron chi connectivity index (χ2n) is 5.76. The third-order valence-electron chi connectivity index (χ3n) is 3.75. The number of benzene rings is 1. The number of nitrogen functional groups attached to an aromatic ring is 1. The fraction of sp³-hybridized carbons (Fsp3) is 0.533. The van der Waals surface area contributed by atoms with E-state index < -0.39 is 0 Å². The first-order valence-electron chi connectivity index (χ1n) is 6.81. The summed E-state index contributed by atoms with van der Waals surface area (Å²) in [6.45, 7) is 2.92. The summed E-state index contributed by atoms with van der Waals surface area (Å²) in [4.78, 5) is 14.6. The zero-order valence-corrected chi connectivity index (χ0v) is 10.9. The van der Waals surface area contributed by atoms with Crippen LogP contribution in [0.25, 0.3) is 0 Å². The molecule has 3 heteroatoms. The van der Waals surface area contributed by atoms with Crippen LogP contribution in [0.2, 0.25) is 0 Å². The summed E-state index contributed by atoms with van der Waals surface area (Å²) in [7, 11) is 0. The molecule has 96 valence electrons. The van der Waals surface area contributed by atoms with Crippen molar-refractivity contribution in [1.29, 1.82) is 0 Å². The van der Waals surface area contributed by atoms with E-state index in [2.05, 4.69) is 4.90 Å². The van der Waals surface area contributed by atoms with Gasteiger partial charge in [-0.1, -0.05) is 0 Å². The molecule has 0 atom stereocenters. The van der Waals surface area contributed by atoms with Crippen molar-refractivity contribution in [2.24, 2.45) is 5.92 Å². The van der Waals surface area contributed by atoms with E-state index >= 15 is 0 Å². The van der Waals surface area contributed by atoms with E-state index in [1.807, 2.05) is 19.1 Å². The van der Waals surface area contributed by atoms with Crippen LogP contribution in [0.5, 0.6) is 0 Å². The molecule has 18 heavy (non-hydrogen) atoms. The molecule has 0 saturated heterocycles. The molecule has 1 aromatic rings. The van der Waals surface area contributed by atoms with Crippen LogP contribution in [-0.2, 0) is 0 Å². The second kappa shape index (κ2) is 4.30. The largest absolute Gasteiger partial charge is 0.399 e. The fourth-order valence-electron chi connectivity index (χ4n) is 2.46. The summed E-state index contributed by atoms with van der Waals surface area (Å²) in [5, 5.41) is 0. The first-order valence-corrected chi connectivity index (χ1v) is 6.81. The van der Waals surface area contributed by atoms with Gasteiger partial charge < -0.3 is 10.6 Å². The van der Waals surface area contributed by atoms with E-state index in [1.54, 1.807) is 6.07 Å². The van der Waals surface area contributed by atoms with E-state index in [4.69, 9.17) is 5.73 Å². The zero-order valence-electron chi connectivity index (χ0n) is 10.9. The predicted molar refractivity (Wildman–Crippen MR) is 72.4 cm³/mol. The van der Waals surface area contributed by atoms with Crippen molar-refractivity contribution in [2.45, 2.75) is 38.6 Å². The highest BCUT2D eigenvalue weighted by Crippen LogP contribution is 2.35. The van der Waals surface area contributed by atoms with Crippen LogP contribution in [0.4, 0.5) is 5.69 Å². The van der Waals surface area contributed by atoms with E-state index in [1.165, 1.54) is 25.7 Å². The van der Waals surface area contributed by atoms with Gasteiger partial charge in [0.05, 0.1) is 0 Å². The lowest BCUT2D eigenvalue weighted by Crippen LogP contribution is -2.35. The number of aryl methyl sites for hydroxylation is 1. The summed E-state index contributed by atoms with van der Waals surface area (Å²) in [6, 6.07) is 6.14. The molecule has 1 amide bonds. The molecule has 0 unspecified atom stereocenters. The Bertz CT molecular complexity index is 455. The summed E-state index contributed by atoms with van der Waals surface area (Å²) in [5.41, 5.74) is 8.32. The molecule has 1 aromatic carbocycles. The third kappa shape index (κ3) is 2.50. The van der Waals surface area contributed by atoms with Gasteiger partial charge in [0.2, 0.25) is 0 Å². The van der Waals surface area contributed by atoms with Gasteiger partial charge in [0.1, 0.15) is 0 Å². The summed E-state index contributed by atoms with van der Waals surface area (Å²) in [5.74, 6) is 0.913. The molecule has 0 bridgehead atoms. The molecule has 3 nitrogen and oxygen atoms in total. The Balaban J connectivity index is 1.81. The minimum Gasteiger partial charge on any atom is -0.399 e. The molecular formula is C15H20N2O. The van der Waals surface area contributed by atoms with Crippen molar-refractivity contribution < 1.29 is 4.79 Å². The normalized spacial score (nSPS) is 18.7. The number of hydrogen-bond donors (Lipinski definition) is 1. The van der Waals surface area contributed by atoms with Gasteiger partial charge in [-0.05, 0) is 62.3 Å². The van der Waals surface area contributed by atoms with Crippen LogP contribution in [0.1, 0.15) is 41.6 Å². The number of nitrogens with two attached hydrogens (primary N) is 1. The maximum atomic E-state index is 12.6. The van der Waals surface area contributed by atoms with Gasteiger partial charge in [0.25, 0.3) is 5.91 Å². The average Bonchev–Trinajstić information content (AvgIpc) is 3.15. The highest BCUT2D eigenvalue weighted by Gasteiger charge is 2.36. The Morgan fingerprint density at radius 2 is 2.00 bits per heavy atom. The molecule has 0 aliphatic heterocycles. The monoisotopic (exact) mass is 244 g/mol. The van der Waals surface area contributed by atoms with Crippen molar-refractivity contribution in [1.82, 2.24) is 4.90 Å². The van der Waals surface area contributed by atoms with Crippen LogP contribution < -0.4 is 5.73 Å². The maximum absolute atomic E-state index is 12.6. The van der Waals surface area contributed by atoms with E-state index in [0.29, 0.717) is 11.7 Å². The average molecular weight is 244 g/mol. The minimum atomic E-state index is 0.166. The number of hydrogen-bond acceptors (Lipinski definition) is 2. The molecular weight excluding hydrogens is 224 g/mol. The highest BCUT2D eigenvalue weighted by molar-refractivity contribution is 5.95. The lowest BCUT2D eigenvalue weighted by Gasteiger charge is -2.22. The Morgan fingerprint density at radius 3 is 2.56 bits per heavy atom. The van der Waals surface area contributed by atoms with Crippen molar-refractivity contribution in [3.8, 4) is 0 Å². The van der Waals surface area contributed by atoms with Crippen LogP contribution in [0.3, 0.4) is 0 Å². The quantitative estimate of drug-likeness (QED) is 0.827. The molecule has 2 aliphatic rings. The number of carbonyl (C=O) groups excluding carboxylic acids is 1. The lowest BCUT2D eigenvalue weighted by atomic mass is 10.1. The van der Waals surface area contributed by atoms with Crippen LogP contribution >= 0.6 is 0 Å². The number of rotatable bonds is 4. The number of amides is 1. The van der Waals surface area contributed by atoms with Crippen molar-refractivity contribution in [3.63, 3.8) is 0 Å². The standard InChI is InChI=1S/C15H20N2O/c1-10-6-12(8-13(16)7-10)15(18)17(14-4-5-14)9-11-2-3-11/h6-8,11,14H,2-5,9,16H2,1H3. The SMILES string of the molecule is Cc1cc(N)cc(C(=O)N(CC2CC2)C2CC2)c1. The van der Waals surface area contributed by atoms with E-state index in [9.17, 15) is 4.79 Å². The van der Waals surface area contributed by atoms with Crippen LogP contribution in [0.15, 0.2) is 18.2 Å². The molecule has 2 aliphatic carbocycles. The molecule has 0 spiro atoms. The Kier molecular flexibility index (Phi) is 2.77. The van der Waals surface area contributed by atoms with Gasteiger partial charge >= 0.3 is 0 Å². The maximum Gasteiger partial charge on any atom is 0.254 e. The smallest absolute Gasteiger partial charge is 0.254 e. The van der Waals surface area contributed by atoms with E-state index in [-0.39, 0.29) is 5.91 Å². The summed E-state index contributed by atoms with van der Waals surface area (Å²) >= 11 is 0. The molecule has 3 rings (SSSR count). The molecule has 0 aromatic heterocycles. The Morgan fingerprint density at radius 1 is 1.28 bits per heavy atom. The molecule has 2 N–H and O–H groups in total. The minimum absolute atomic E-state index is 0.166. The van der Waals surface area contributed by atoms with Crippen LogP contribution in [-0.4, -0.2) is 23.4 Å². The first kappa shape index (κ1) is 11.6. The fourth-order valence-corrected chi connectivity index (χ4v) is 2.46. The number of carbonyl (C=O) groups is 1. The zero-order chi connectivity index (χ0) is 12.7. The Labute approximate surface area is 108 Å². The summed E-state index contributed by atoms with van der Waals surface area (Å²) in [6.07, 6.45) is 4.90.